The fourth-order valence-corrected chi connectivity index (χ4v) is 1.62. The molecule has 0 aromatic carbocycles. The molecule has 0 spiro atoms. The zero-order valence-corrected chi connectivity index (χ0v) is 8.19. The smallest absolute Gasteiger partial charge is 0.227 e. The lowest BCUT2D eigenvalue weighted by molar-refractivity contribution is 0.583. The van der Waals surface area contributed by atoms with Gasteiger partial charge in [-0.3, -0.25) is 0 Å². The zero-order chi connectivity index (χ0) is 9.41. The van der Waals surface area contributed by atoms with Crippen LogP contribution in [0.3, 0.4) is 0 Å². The molecular weight excluding hydrogens is 198 g/mol. The Morgan fingerprint density at radius 1 is 1.67 bits per heavy atom. The molecule has 5 heteroatoms. The van der Waals surface area contributed by atoms with E-state index in [4.69, 9.17) is 16.7 Å². The largest absolute Gasteiger partial charge is 0.232 e. The Hall–Kier alpha value is -0.320. The Bertz CT molecular complexity index is 344. The molecule has 0 fully saturated rings. The molecule has 0 heterocycles. The van der Waals surface area contributed by atoms with E-state index in [2.05, 4.69) is 0 Å². The Balaban J connectivity index is 3.02. The van der Waals surface area contributed by atoms with Gasteiger partial charge in [0.2, 0.25) is 10.0 Å². The topological polar surface area (TPSA) is 60.2 Å². The van der Waals surface area contributed by atoms with E-state index in [-0.39, 0.29) is 6.42 Å². The number of allylic oxidation sites excluding steroid dienone is 3. The molecule has 0 aliphatic heterocycles. The Morgan fingerprint density at radius 3 is 2.58 bits per heavy atom. The molecule has 12 heavy (non-hydrogen) atoms. The predicted octanol–water partition coefficient (Wildman–Crippen LogP) is 1.12. The molecule has 1 rings (SSSR count). The van der Waals surface area contributed by atoms with Crippen molar-refractivity contribution >= 4 is 21.6 Å². The fraction of sp³-hybridized carbons (Fsp3) is 0.429. The average molecular weight is 208 g/mol. The van der Waals surface area contributed by atoms with E-state index in [0.717, 1.165) is 5.57 Å². The van der Waals surface area contributed by atoms with Gasteiger partial charge < -0.3 is 0 Å². The van der Waals surface area contributed by atoms with E-state index in [0.29, 0.717) is 0 Å². The van der Waals surface area contributed by atoms with Gasteiger partial charge in [-0.2, -0.15) is 0 Å². The van der Waals surface area contributed by atoms with Gasteiger partial charge in [0.1, 0.15) is 0 Å². The van der Waals surface area contributed by atoms with Gasteiger partial charge in [-0.1, -0.05) is 29.3 Å². The van der Waals surface area contributed by atoms with Crippen LogP contribution in [0, 0.1) is 0 Å². The van der Waals surface area contributed by atoms with E-state index in [1.54, 1.807) is 12.2 Å². The van der Waals surface area contributed by atoms with Crippen molar-refractivity contribution in [3.05, 3.63) is 23.8 Å². The minimum Gasteiger partial charge on any atom is -0.227 e. The maximum atomic E-state index is 11.0. The van der Waals surface area contributed by atoms with E-state index >= 15 is 0 Å². The van der Waals surface area contributed by atoms with Crippen LogP contribution in [0.15, 0.2) is 23.8 Å². The molecule has 0 saturated carbocycles. The fourth-order valence-electron chi connectivity index (χ4n) is 0.903. The van der Waals surface area contributed by atoms with E-state index < -0.39 is 14.2 Å². The van der Waals surface area contributed by atoms with Crippen molar-refractivity contribution in [2.45, 2.75) is 17.6 Å². The number of rotatable bonds is 1. The van der Waals surface area contributed by atoms with E-state index in [9.17, 15) is 8.42 Å². The summed E-state index contributed by atoms with van der Waals surface area (Å²) in [4.78, 5) is 0. The molecule has 0 saturated heterocycles. The minimum absolute atomic E-state index is 0.232. The van der Waals surface area contributed by atoms with Crippen LogP contribution < -0.4 is 5.14 Å². The normalized spacial score (nSPS) is 30.1. The molecule has 0 radical (unpaired) electrons. The third-order valence-electron chi connectivity index (χ3n) is 1.77. The summed E-state index contributed by atoms with van der Waals surface area (Å²) in [5.74, 6) is 0. The number of hydrogen-bond donors (Lipinski definition) is 1. The first-order valence-electron chi connectivity index (χ1n) is 3.42. The number of alkyl halides is 1. The summed E-state index contributed by atoms with van der Waals surface area (Å²) >= 11 is 5.77. The first kappa shape index (κ1) is 9.77. The summed E-state index contributed by atoms with van der Waals surface area (Å²) in [6.07, 6.45) is 5.05. The Kier molecular flexibility index (Phi) is 2.33. The summed E-state index contributed by atoms with van der Waals surface area (Å²) in [5.41, 5.74) is 0.995. The van der Waals surface area contributed by atoms with Crippen molar-refractivity contribution in [3.63, 3.8) is 0 Å². The molecule has 1 aliphatic rings. The molecule has 1 aliphatic carbocycles. The Labute approximate surface area is 76.9 Å². The van der Waals surface area contributed by atoms with Crippen LogP contribution in [0.25, 0.3) is 0 Å². The average Bonchev–Trinajstić information content (AvgIpc) is 1.93. The summed E-state index contributed by atoms with van der Waals surface area (Å²) < 4.78 is 20.5. The SMILES string of the molecule is CC1=CCC(Cl)(S(N)(=O)=O)C=C1. The van der Waals surface area contributed by atoms with Crippen LogP contribution >= 0.6 is 11.6 Å². The maximum absolute atomic E-state index is 11.0. The highest BCUT2D eigenvalue weighted by atomic mass is 35.5. The van der Waals surface area contributed by atoms with Crippen molar-refractivity contribution < 1.29 is 8.42 Å². The van der Waals surface area contributed by atoms with Crippen LogP contribution in [0.1, 0.15) is 13.3 Å². The van der Waals surface area contributed by atoms with Crippen molar-refractivity contribution in [1.82, 2.24) is 0 Å². The van der Waals surface area contributed by atoms with Crippen LogP contribution in [0.5, 0.6) is 0 Å². The van der Waals surface area contributed by atoms with Gasteiger partial charge in [0.25, 0.3) is 0 Å². The maximum Gasteiger partial charge on any atom is 0.232 e. The number of halogens is 1. The van der Waals surface area contributed by atoms with Gasteiger partial charge in [0, 0.05) is 6.42 Å². The first-order chi connectivity index (χ1) is 5.35. The highest BCUT2D eigenvalue weighted by Gasteiger charge is 2.36. The highest BCUT2D eigenvalue weighted by Crippen LogP contribution is 2.31. The predicted molar refractivity (Wildman–Crippen MR) is 49.2 cm³/mol. The monoisotopic (exact) mass is 207 g/mol. The molecule has 1 unspecified atom stereocenters. The van der Waals surface area contributed by atoms with E-state index in [1.165, 1.54) is 6.08 Å². The lowest BCUT2D eigenvalue weighted by Gasteiger charge is -2.21. The zero-order valence-electron chi connectivity index (χ0n) is 6.62. The van der Waals surface area contributed by atoms with Crippen LogP contribution in [0.2, 0.25) is 0 Å². The summed E-state index contributed by atoms with van der Waals surface area (Å²) in [6.45, 7) is 1.87. The van der Waals surface area contributed by atoms with Crippen molar-refractivity contribution in [2.75, 3.05) is 0 Å². The number of primary sulfonamides is 1. The molecule has 3 nitrogen and oxygen atoms in total. The minimum atomic E-state index is -3.71. The molecule has 2 N–H and O–H groups in total. The second-order valence-corrected chi connectivity index (χ2v) is 5.53. The van der Waals surface area contributed by atoms with Crippen LogP contribution in [-0.2, 0) is 10.0 Å². The van der Waals surface area contributed by atoms with Crippen molar-refractivity contribution in [2.24, 2.45) is 5.14 Å². The second kappa shape index (κ2) is 2.87. The summed E-state index contributed by atoms with van der Waals surface area (Å²) in [5, 5.41) is 4.95. The molecule has 0 aromatic rings. The van der Waals surface area contributed by atoms with Crippen molar-refractivity contribution in [1.29, 1.82) is 0 Å². The van der Waals surface area contributed by atoms with Gasteiger partial charge in [0.15, 0.2) is 4.21 Å². The standard InChI is InChI=1S/C7H10ClNO2S/c1-6-2-4-7(8,5-3-6)12(9,10)11/h2-4H,5H2,1H3,(H2,9,10,11). The molecule has 0 amide bonds. The molecular formula is C7H10ClNO2S. The molecule has 0 bridgehead atoms. The van der Waals surface area contributed by atoms with E-state index in [1.807, 2.05) is 6.92 Å². The molecule has 0 aromatic heterocycles. The third-order valence-corrected chi connectivity index (χ3v) is 3.94. The number of sulfonamides is 1. The number of nitrogens with two attached hydrogens (primary N) is 1. The first-order valence-corrected chi connectivity index (χ1v) is 5.35. The Morgan fingerprint density at radius 2 is 2.25 bits per heavy atom. The lowest BCUT2D eigenvalue weighted by Crippen LogP contribution is -2.36. The second-order valence-electron chi connectivity index (χ2n) is 2.82. The summed E-state index contributed by atoms with van der Waals surface area (Å²) in [7, 11) is -3.71. The highest BCUT2D eigenvalue weighted by molar-refractivity contribution is 7.92. The lowest BCUT2D eigenvalue weighted by atomic mass is 10.1. The van der Waals surface area contributed by atoms with Gasteiger partial charge in [-0.25, -0.2) is 13.6 Å². The van der Waals surface area contributed by atoms with Crippen LogP contribution in [-0.4, -0.2) is 12.6 Å². The van der Waals surface area contributed by atoms with Gasteiger partial charge in [0.05, 0.1) is 0 Å². The molecule has 1 atom stereocenters. The molecule has 68 valence electrons. The summed E-state index contributed by atoms with van der Waals surface area (Å²) in [6, 6.07) is 0. The van der Waals surface area contributed by atoms with Crippen LogP contribution in [0.4, 0.5) is 0 Å². The van der Waals surface area contributed by atoms with Crippen molar-refractivity contribution in [3.8, 4) is 0 Å². The van der Waals surface area contributed by atoms with Gasteiger partial charge in [-0.05, 0) is 13.0 Å². The third kappa shape index (κ3) is 1.71. The van der Waals surface area contributed by atoms with Gasteiger partial charge >= 0.3 is 0 Å². The van der Waals surface area contributed by atoms with Gasteiger partial charge in [-0.15, -0.1) is 0 Å². The number of hydrogen-bond acceptors (Lipinski definition) is 2. The quantitative estimate of drug-likeness (QED) is 0.655.